The number of para-hydroxylation sites is 2. The second kappa shape index (κ2) is 10.6. The van der Waals surface area contributed by atoms with Crippen LogP contribution in [-0.4, -0.2) is 51.1 Å². The number of carbonyl (C=O) groups is 1. The molecule has 4 heterocycles. The summed E-state index contributed by atoms with van der Waals surface area (Å²) in [4.78, 5) is 35.5. The first-order valence-electron chi connectivity index (χ1n) is 14.0. The number of aromatic nitrogens is 3. The Bertz CT molecular complexity index is 1520. The number of likely N-dealkylation sites (tertiary alicyclic amines) is 1. The van der Waals surface area contributed by atoms with Gasteiger partial charge in [0, 0.05) is 56.1 Å². The Hall–Kier alpha value is -4.07. The lowest BCUT2D eigenvalue weighted by Crippen LogP contribution is -2.46. The van der Waals surface area contributed by atoms with Gasteiger partial charge in [-0.15, -0.1) is 0 Å². The molecule has 4 aromatic rings. The van der Waals surface area contributed by atoms with E-state index in [1.54, 1.807) is 6.20 Å². The lowest BCUT2D eigenvalue weighted by molar-refractivity contribution is -0.137. The highest BCUT2D eigenvalue weighted by molar-refractivity contribution is 5.79. The van der Waals surface area contributed by atoms with Crippen LogP contribution in [-0.2, 0) is 11.3 Å². The fourth-order valence-corrected chi connectivity index (χ4v) is 6.23. The van der Waals surface area contributed by atoms with Crippen molar-refractivity contribution in [1.29, 1.82) is 0 Å². The molecule has 0 saturated carbocycles. The van der Waals surface area contributed by atoms with Crippen LogP contribution in [0.25, 0.3) is 11.0 Å². The average molecular weight is 525 g/mol. The van der Waals surface area contributed by atoms with E-state index in [0.29, 0.717) is 25.5 Å². The minimum absolute atomic E-state index is 0.0330. The minimum atomic E-state index is 0.0330. The maximum absolute atomic E-state index is 13.7. The summed E-state index contributed by atoms with van der Waals surface area (Å²) in [5, 5.41) is 0. The first kappa shape index (κ1) is 25.2. The van der Waals surface area contributed by atoms with Crippen molar-refractivity contribution in [2.24, 2.45) is 5.92 Å². The molecule has 39 heavy (non-hydrogen) atoms. The van der Waals surface area contributed by atoms with E-state index in [1.807, 2.05) is 50.4 Å². The Morgan fingerprint density at radius 3 is 2.31 bits per heavy atom. The molecular weight excluding hydrogens is 488 g/mol. The molecule has 2 aliphatic heterocycles. The fourth-order valence-electron chi connectivity index (χ4n) is 6.23. The van der Waals surface area contributed by atoms with Crippen molar-refractivity contribution in [2.75, 3.05) is 36.8 Å². The number of imidazole rings is 1. The molecule has 0 spiro atoms. The van der Waals surface area contributed by atoms with Crippen LogP contribution in [0.15, 0.2) is 71.7 Å². The zero-order valence-electron chi connectivity index (χ0n) is 22.5. The van der Waals surface area contributed by atoms with Crippen molar-refractivity contribution in [3.63, 3.8) is 0 Å². The Morgan fingerprint density at radius 2 is 1.62 bits per heavy atom. The molecule has 0 unspecified atom stereocenters. The van der Waals surface area contributed by atoms with Crippen molar-refractivity contribution in [1.82, 2.24) is 19.0 Å². The van der Waals surface area contributed by atoms with E-state index in [0.717, 1.165) is 61.1 Å². The Morgan fingerprint density at radius 1 is 0.923 bits per heavy atom. The Balaban J connectivity index is 1.12. The number of nitrogen functional groups attached to an aromatic ring is 1. The van der Waals surface area contributed by atoms with Gasteiger partial charge < -0.3 is 15.5 Å². The molecule has 2 fully saturated rings. The summed E-state index contributed by atoms with van der Waals surface area (Å²) in [7, 11) is 0. The molecule has 0 bridgehead atoms. The largest absolute Gasteiger partial charge is 0.384 e. The van der Waals surface area contributed by atoms with Crippen molar-refractivity contribution in [3.8, 4) is 0 Å². The lowest BCUT2D eigenvalue weighted by Gasteiger charge is -2.38. The van der Waals surface area contributed by atoms with E-state index < -0.39 is 0 Å². The standard InChI is InChI=1S/C31H36N6O2/c1-22-6-8-23(9-7-22)21-36-27-4-2-3-5-28(27)37(31(36)39)25-13-18-35(19-14-25)30(38)24-11-16-34(17-12-24)26-10-15-33-29(32)20-26/h2-10,15,20,24-25H,11-14,16-19,21H2,1H3,(H2,32,33). The van der Waals surface area contributed by atoms with Crippen LogP contribution in [0.4, 0.5) is 11.5 Å². The lowest BCUT2D eigenvalue weighted by atomic mass is 9.93. The van der Waals surface area contributed by atoms with Gasteiger partial charge in [-0.25, -0.2) is 9.78 Å². The monoisotopic (exact) mass is 524 g/mol. The SMILES string of the molecule is Cc1ccc(Cn2c(=O)n(C3CCN(C(=O)C4CCN(c5ccnc(N)c5)CC4)CC3)c3ccccc32)cc1. The van der Waals surface area contributed by atoms with Gasteiger partial charge in [-0.1, -0.05) is 42.0 Å². The van der Waals surface area contributed by atoms with Crippen LogP contribution in [0.2, 0.25) is 0 Å². The maximum Gasteiger partial charge on any atom is 0.329 e. The zero-order chi connectivity index (χ0) is 26.9. The summed E-state index contributed by atoms with van der Waals surface area (Å²) < 4.78 is 3.87. The quantitative estimate of drug-likeness (QED) is 0.422. The van der Waals surface area contributed by atoms with Crippen LogP contribution in [0.5, 0.6) is 0 Å². The number of fused-ring (bicyclic) bond motifs is 1. The van der Waals surface area contributed by atoms with Gasteiger partial charge in [-0.2, -0.15) is 0 Å². The molecule has 2 N–H and O–H groups in total. The molecule has 2 aromatic carbocycles. The molecule has 6 rings (SSSR count). The van der Waals surface area contributed by atoms with Crippen LogP contribution in [0.1, 0.15) is 42.9 Å². The molecule has 8 nitrogen and oxygen atoms in total. The molecular formula is C31H36N6O2. The molecule has 2 aliphatic rings. The second-order valence-corrected chi connectivity index (χ2v) is 11.0. The van der Waals surface area contributed by atoms with E-state index in [9.17, 15) is 9.59 Å². The third-order valence-corrected chi connectivity index (χ3v) is 8.45. The topological polar surface area (TPSA) is 89.4 Å². The third-order valence-electron chi connectivity index (χ3n) is 8.45. The number of hydrogen-bond acceptors (Lipinski definition) is 5. The minimum Gasteiger partial charge on any atom is -0.384 e. The number of rotatable bonds is 5. The van der Waals surface area contributed by atoms with E-state index in [4.69, 9.17) is 5.73 Å². The predicted octanol–water partition coefficient (Wildman–Crippen LogP) is 4.22. The van der Waals surface area contributed by atoms with Crippen LogP contribution in [0, 0.1) is 12.8 Å². The molecule has 202 valence electrons. The molecule has 0 radical (unpaired) electrons. The molecule has 0 atom stereocenters. The average Bonchev–Trinajstić information content (AvgIpc) is 3.25. The normalized spacial score (nSPS) is 17.2. The molecule has 8 heteroatoms. The molecule has 0 aliphatic carbocycles. The summed E-state index contributed by atoms with van der Waals surface area (Å²) in [6.45, 7) is 5.68. The van der Waals surface area contributed by atoms with Crippen LogP contribution in [0.3, 0.4) is 0 Å². The highest BCUT2D eigenvalue weighted by Gasteiger charge is 2.32. The first-order chi connectivity index (χ1) is 19.0. The second-order valence-electron chi connectivity index (χ2n) is 11.0. The number of aryl methyl sites for hydroxylation is 1. The number of nitrogens with zero attached hydrogens (tertiary/aromatic N) is 5. The van der Waals surface area contributed by atoms with E-state index in [-0.39, 0.29) is 23.6 Å². The van der Waals surface area contributed by atoms with Gasteiger partial charge in [0.1, 0.15) is 5.82 Å². The van der Waals surface area contributed by atoms with Gasteiger partial charge in [0.25, 0.3) is 0 Å². The first-order valence-corrected chi connectivity index (χ1v) is 14.0. The molecule has 2 aromatic heterocycles. The summed E-state index contributed by atoms with van der Waals surface area (Å²) in [5.41, 5.74) is 11.2. The summed E-state index contributed by atoms with van der Waals surface area (Å²) in [6.07, 6.45) is 5.00. The smallest absolute Gasteiger partial charge is 0.329 e. The number of anilines is 2. The van der Waals surface area contributed by atoms with Gasteiger partial charge in [-0.05, 0) is 56.4 Å². The van der Waals surface area contributed by atoms with Gasteiger partial charge >= 0.3 is 5.69 Å². The highest BCUT2D eigenvalue weighted by Crippen LogP contribution is 2.30. The number of carbonyl (C=O) groups excluding carboxylic acids is 1. The predicted molar refractivity (Wildman–Crippen MR) is 155 cm³/mol. The molecule has 1 amide bonds. The zero-order valence-corrected chi connectivity index (χ0v) is 22.5. The van der Waals surface area contributed by atoms with Gasteiger partial charge in [0.05, 0.1) is 17.6 Å². The Labute approximate surface area is 228 Å². The number of pyridine rings is 1. The number of benzene rings is 2. The molecule has 2 saturated heterocycles. The summed E-state index contributed by atoms with van der Waals surface area (Å²) in [5.74, 6) is 0.832. The van der Waals surface area contributed by atoms with Gasteiger partial charge in [0.2, 0.25) is 5.91 Å². The van der Waals surface area contributed by atoms with Crippen LogP contribution >= 0.6 is 0 Å². The van der Waals surface area contributed by atoms with E-state index in [2.05, 4.69) is 41.1 Å². The van der Waals surface area contributed by atoms with Crippen molar-refractivity contribution in [2.45, 2.75) is 45.2 Å². The number of amides is 1. The number of piperidine rings is 2. The third kappa shape index (κ3) is 5.03. The van der Waals surface area contributed by atoms with E-state index >= 15 is 0 Å². The summed E-state index contributed by atoms with van der Waals surface area (Å²) >= 11 is 0. The Kier molecular flexibility index (Phi) is 6.85. The fraction of sp³-hybridized carbons (Fsp3) is 0.387. The number of hydrogen-bond donors (Lipinski definition) is 1. The van der Waals surface area contributed by atoms with Crippen LogP contribution < -0.4 is 16.3 Å². The summed E-state index contributed by atoms with van der Waals surface area (Å²) in [6, 6.07) is 20.4. The van der Waals surface area contributed by atoms with Gasteiger partial charge in [-0.3, -0.25) is 13.9 Å². The van der Waals surface area contributed by atoms with E-state index in [1.165, 1.54) is 5.56 Å². The maximum atomic E-state index is 13.7. The highest BCUT2D eigenvalue weighted by atomic mass is 16.2. The van der Waals surface area contributed by atoms with Crippen molar-refractivity contribution < 1.29 is 4.79 Å². The van der Waals surface area contributed by atoms with Crippen molar-refractivity contribution in [3.05, 3.63) is 88.5 Å². The van der Waals surface area contributed by atoms with Gasteiger partial charge in [0.15, 0.2) is 0 Å². The van der Waals surface area contributed by atoms with Crippen molar-refractivity contribution >= 4 is 28.4 Å². The number of nitrogens with two attached hydrogens (primary N) is 1.